The van der Waals surface area contributed by atoms with Gasteiger partial charge in [0.2, 0.25) is 0 Å². The van der Waals surface area contributed by atoms with Crippen LogP contribution in [0.1, 0.15) is 18.9 Å². The van der Waals surface area contributed by atoms with Crippen molar-refractivity contribution in [3.05, 3.63) is 28.8 Å². The standard InChI is InChI=1S/C14H21ClN2O/c1-11-9-17(8-4-7-16-11)10-12-13(15)5-3-6-14(12)18-2/h3,5-6,11,16H,4,7-10H2,1-2H3. The third-order valence-corrected chi connectivity index (χ3v) is 3.71. The Morgan fingerprint density at radius 1 is 1.50 bits per heavy atom. The summed E-state index contributed by atoms with van der Waals surface area (Å²) in [5.74, 6) is 0.882. The van der Waals surface area contributed by atoms with E-state index >= 15 is 0 Å². The highest BCUT2D eigenvalue weighted by molar-refractivity contribution is 6.31. The van der Waals surface area contributed by atoms with Crippen molar-refractivity contribution >= 4 is 11.6 Å². The van der Waals surface area contributed by atoms with Gasteiger partial charge in [0.05, 0.1) is 7.11 Å². The van der Waals surface area contributed by atoms with Gasteiger partial charge < -0.3 is 10.1 Å². The molecule has 100 valence electrons. The maximum Gasteiger partial charge on any atom is 0.124 e. The summed E-state index contributed by atoms with van der Waals surface area (Å²) in [6, 6.07) is 6.36. The van der Waals surface area contributed by atoms with Crippen LogP contribution in [0.15, 0.2) is 18.2 Å². The van der Waals surface area contributed by atoms with Gasteiger partial charge in [-0.15, -0.1) is 0 Å². The normalized spacial score (nSPS) is 21.6. The number of ether oxygens (including phenoxy) is 1. The molecule has 4 heteroatoms. The number of halogens is 1. The summed E-state index contributed by atoms with van der Waals surface area (Å²) >= 11 is 6.28. The highest BCUT2D eigenvalue weighted by Gasteiger charge is 2.17. The van der Waals surface area contributed by atoms with Gasteiger partial charge in [0.25, 0.3) is 0 Å². The van der Waals surface area contributed by atoms with Crippen molar-refractivity contribution in [1.82, 2.24) is 10.2 Å². The number of rotatable bonds is 3. The summed E-state index contributed by atoms with van der Waals surface area (Å²) in [7, 11) is 1.70. The highest BCUT2D eigenvalue weighted by Crippen LogP contribution is 2.27. The Labute approximate surface area is 114 Å². The van der Waals surface area contributed by atoms with Gasteiger partial charge in [-0.25, -0.2) is 0 Å². The molecule has 1 aromatic carbocycles. The lowest BCUT2D eigenvalue weighted by Gasteiger charge is -2.23. The van der Waals surface area contributed by atoms with Gasteiger partial charge >= 0.3 is 0 Å². The van der Waals surface area contributed by atoms with Crippen LogP contribution < -0.4 is 10.1 Å². The van der Waals surface area contributed by atoms with E-state index in [0.717, 1.165) is 42.5 Å². The van der Waals surface area contributed by atoms with E-state index in [-0.39, 0.29) is 0 Å². The number of hydrogen-bond acceptors (Lipinski definition) is 3. The highest BCUT2D eigenvalue weighted by atomic mass is 35.5. The molecule has 0 aliphatic carbocycles. The summed E-state index contributed by atoms with van der Waals surface area (Å²) in [6.45, 7) is 6.33. The van der Waals surface area contributed by atoms with Crippen molar-refractivity contribution < 1.29 is 4.74 Å². The van der Waals surface area contributed by atoms with Crippen LogP contribution in [0, 0.1) is 0 Å². The maximum absolute atomic E-state index is 6.28. The van der Waals surface area contributed by atoms with Crippen LogP contribution >= 0.6 is 11.6 Å². The zero-order valence-electron chi connectivity index (χ0n) is 11.1. The molecule has 0 amide bonds. The van der Waals surface area contributed by atoms with E-state index in [1.807, 2.05) is 18.2 Å². The van der Waals surface area contributed by atoms with Crippen LogP contribution in [0.4, 0.5) is 0 Å². The Bertz CT molecular complexity index is 397. The molecule has 1 atom stereocenters. The van der Waals surface area contributed by atoms with Crippen LogP contribution in [-0.2, 0) is 6.54 Å². The minimum Gasteiger partial charge on any atom is -0.496 e. The van der Waals surface area contributed by atoms with Crippen molar-refractivity contribution in [2.45, 2.75) is 25.9 Å². The van der Waals surface area contributed by atoms with Crippen molar-refractivity contribution in [2.24, 2.45) is 0 Å². The summed E-state index contributed by atoms with van der Waals surface area (Å²) in [5.41, 5.74) is 1.09. The van der Waals surface area contributed by atoms with Crippen LogP contribution in [0.3, 0.4) is 0 Å². The molecule has 1 aliphatic rings. The van der Waals surface area contributed by atoms with Crippen LogP contribution in [0.5, 0.6) is 5.75 Å². The molecule has 2 rings (SSSR count). The minimum atomic E-state index is 0.529. The van der Waals surface area contributed by atoms with Crippen LogP contribution in [0.25, 0.3) is 0 Å². The van der Waals surface area contributed by atoms with Gasteiger partial charge in [-0.3, -0.25) is 4.90 Å². The Hall–Kier alpha value is -0.770. The van der Waals surface area contributed by atoms with Gasteiger partial charge in [-0.2, -0.15) is 0 Å². The molecule has 1 unspecified atom stereocenters. The topological polar surface area (TPSA) is 24.5 Å². The number of nitrogens with one attached hydrogen (secondary N) is 1. The average Bonchev–Trinajstić information content (AvgIpc) is 2.56. The van der Waals surface area contributed by atoms with E-state index in [0.29, 0.717) is 6.04 Å². The minimum absolute atomic E-state index is 0.529. The molecule has 0 radical (unpaired) electrons. The molecule has 0 saturated carbocycles. The number of nitrogens with zero attached hydrogens (tertiary/aromatic N) is 1. The maximum atomic E-state index is 6.28. The average molecular weight is 269 g/mol. The van der Waals surface area contributed by atoms with Gasteiger partial charge in [0, 0.05) is 29.7 Å². The SMILES string of the molecule is COc1cccc(Cl)c1CN1CCCNC(C)C1. The van der Waals surface area contributed by atoms with Gasteiger partial charge in [-0.1, -0.05) is 17.7 Å². The fraction of sp³-hybridized carbons (Fsp3) is 0.571. The summed E-state index contributed by atoms with van der Waals surface area (Å²) in [6.07, 6.45) is 1.18. The monoisotopic (exact) mass is 268 g/mol. The van der Waals surface area contributed by atoms with Gasteiger partial charge in [-0.05, 0) is 38.6 Å². The molecular formula is C14H21ClN2O. The third kappa shape index (κ3) is 3.37. The van der Waals surface area contributed by atoms with E-state index in [9.17, 15) is 0 Å². The number of benzene rings is 1. The largest absolute Gasteiger partial charge is 0.496 e. The fourth-order valence-electron chi connectivity index (χ4n) is 2.45. The smallest absolute Gasteiger partial charge is 0.124 e. The molecule has 1 aromatic rings. The predicted molar refractivity (Wildman–Crippen MR) is 75.4 cm³/mol. The van der Waals surface area contributed by atoms with Crippen LogP contribution in [0.2, 0.25) is 5.02 Å². The Morgan fingerprint density at radius 2 is 2.33 bits per heavy atom. The lowest BCUT2D eigenvalue weighted by molar-refractivity contribution is 0.260. The first kappa shape index (κ1) is 13.7. The van der Waals surface area contributed by atoms with Crippen molar-refractivity contribution in [2.75, 3.05) is 26.7 Å². The summed E-state index contributed by atoms with van der Waals surface area (Å²) in [4.78, 5) is 2.44. The predicted octanol–water partition coefficient (Wildman–Crippen LogP) is 2.53. The molecule has 1 saturated heterocycles. The van der Waals surface area contributed by atoms with E-state index < -0.39 is 0 Å². The van der Waals surface area contributed by atoms with E-state index in [2.05, 4.69) is 17.1 Å². The second-order valence-electron chi connectivity index (χ2n) is 4.86. The molecule has 0 aromatic heterocycles. The Balaban J connectivity index is 2.12. The molecule has 1 fully saturated rings. The lowest BCUT2D eigenvalue weighted by atomic mass is 10.1. The van der Waals surface area contributed by atoms with Gasteiger partial charge in [0.1, 0.15) is 5.75 Å². The Morgan fingerprint density at radius 3 is 3.11 bits per heavy atom. The summed E-state index contributed by atoms with van der Waals surface area (Å²) < 4.78 is 5.40. The quantitative estimate of drug-likeness (QED) is 0.912. The first-order valence-electron chi connectivity index (χ1n) is 6.48. The summed E-state index contributed by atoms with van der Waals surface area (Å²) in [5, 5.41) is 4.29. The molecule has 0 bridgehead atoms. The zero-order valence-corrected chi connectivity index (χ0v) is 11.8. The zero-order chi connectivity index (χ0) is 13.0. The molecule has 0 spiro atoms. The molecule has 1 N–H and O–H groups in total. The van der Waals surface area contributed by atoms with Crippen LogP contribution in [-0.4, -0.2) is 37.7 Å². The Kier molecular flexibility index (Phi) is 4.87. The first-order chi connectivity index (χ1) is 8.70. The number of hydrogen-bond donors (Lipinski definition) is 1. The van der Waals surface area contributed by atoms with Crippen molar-refractivity contribution in [3.63, 3.8) is 0 Å². The van der Waals surface area contributed by atoms with Crippen molar-refractivity contribution in [1.29, 1.82) is 0 Å². The van der Waals surface area contributed by atoms with E-state index in [1.165, 1.54) is 6.42 Å². The molecule has 3 nitrogen and oxygen atoms in total. The van der Waals surface area contributed by atoms with E-state index in [1.54, 1.807) is 7.11 Å². The molecule has 1 heterocycles. The molecule has 1 aliphatic heterocycles. The van der Waals surface area contributed by atoms with Crippen molar-refractivity contribution in [3.8, 4) is 5.75 Å². The second-order valence-corrected chi connectivity index (χ2v) is 5.27. The fourth-order valence-corrected chi connectivity index (χ4v) is 2.67. The number of methoxy groups -OCH3 is 1. The first-order valence-corrected chi connectivity index (χ1v) is 6.85. The second kappa shape index (κ2) is 6.41. The van der Waals surface area contributed by atoms with E-state index in [4.69, 9.17) is 16.3 Å². The third-order valence-electron chi connectivity index (χ3n) is 3.35. The molecular weight excluding hydrogens is 248 g/mol. The molecule has 18 heavy (non-hydrogen) atoms. The van der Waals surface area contributed by atoms with Gasteiger partial charge in [0.15, 0.2) is 0 Å². The lowest BCUT2D eigenvalue weighted by Crippen LogP contribution is -2.35.